The average Bonchev–Trinajstić information content (AvgIpc) is 2.34. The molecule has 17 heavy (non-hydrogen) atoms. The van der Waals surface area contributed by atoms with Crippen LogP contribution >= 0.6 is 38.4 Å². The highest BCUT2D eigenvalue weighted by Gasteiger charge is 2.63. The third kappa shape index (κ3) is 3.46. The molecule has 0 aliphatic rings. The van der Waals surface area contributed by atoms with Gasteiger partial charge in [0.25, 0.3) is 0 Å². The van der Waals surface area contributed by atoms with Gasteiger partial charge in [0, 0.05) is 21.3 Å². The van der Waals surface area contributed by atoms with Crippen LogP contribution in [0.25, 0.3) is 0 Å². The van der Waals surface area contributed by atoms with E-state index < -0.39 is 19.0 Å². The van der Waals surface area contributed by atoms with Crippen LogP contribution in [-0.2, 0) is 27.2 Å². The molecule has 0 heterocycles. The van der Waals surface area contributed by atoms with Crippen molar-refractivity contribution < 1.29 is 27.2 Å². The van der Waals surface area contributed by atoms with Gasteiger partial charge in [-0.1, -0.05) is 30.1 Å². The zero-order valence-electron chi connectivity index (χ0n) is 10.0. The van der Waals surface area contributed by atoms with Crippen molar-refractivity contribution in [2.75, 3.05) is 27.9 Å². The van der Waals surface area contributed by atoms with E-state index in [2.05, 4.69) is 9.05 Å². The lowest BCUT2D eigenvalue weighted by Gasteiger charge is -2.31. The Morgan fingerprint density at radius 1 is 1.00 bits per heavy atom. The SMILES string of the molecule is CCCOP(=O)(OC)C(Cl)(Cl)P(=O)(OC)OC. The molecular weight excluding hydrogens is 313 g/mol. The smallest absolute Gasteiger partial charge is 0.309 e. The normalized spacial score (nSPS) is 16.8. The summed E-state index contributed by atoms with van der Waals surface area (Å²) < 4.78 is 40.9. The molecule has 0 aliphatic carbocycles. The molecule has 0 bridgehead atoms. The summed E-state index contributed by atoms with van der Waals surface area (Å²) in [5, 5.41) is 0. The zero-order chi connectivity index (χ0) is 13.7. The lowest BCUT2D eigenvalue weighted by atomic mass is 10.5. The molecule has 0 aromatic rings. The highest BCUT2D eigenvalue weighted by Crippen LogP contribution is 2.81. The highest BCUT2D eigenvalue weighted by atomic mass is 35.5. The molecule has 0 N–H and O–H groups in total. The summed E-state index contributed by atoms with van der Waals surface area (Å²) in [6, 6.07) is 0. The summed E-state index contributed by atoms with van der Waals surface area (Å²) in [4.78, 5) is 0. The van der Waals surface area contributed by atoms with Crippen LogP contribution in [0.2, 0.25) is 0 Å². The topological polar surface area (TPSA) is 71.1 Å². The van der Waals surface area contributed by atoms with Crippen molar-refractivity contribution in [3.63, 3.8) is 0 Å². The van der Waals surface area contributed by atoms with E-state index in [9.17, 15) is 9.13 Å². The monoisotopic (exact) mass is 328 g/mol. The molecule has 0 saturated carbocycles. The van der Waals surface area contributed by atoms with Crippen LogP contribution in [0.5, 0.6) is 0 Å². The lowest BCUT2D eigenvalue weighted by molar-refractivity contribution is 0.224. The third-order valence-electron chi connectivity index (χ3n) is 1.85. The molecule has 0 aliphatic heterocycles. The van der Waals surface area contributed by atoms with Crippen molar-refractivity contribution in [3.05, 3.63) is 0 Å². The van der Waals surface area contributed by atoms with Crippen molar-refractivity contribution in [2.24, 2.45) is 0 Å². The summed E-state index contributed by atoms with van der Waals surface area (Å²) in [6.45, 7) is 1.87. The van der Waals surface area contributed by atoms with E-state index in [-0.39, 0.29) is 6.61 Å². The van der Waals surface area contributed by atoms with Crippen molar-refractivity contribution in [1.82, 2.24) is 0 Å². The Balaban J connectivity index is 5.37. The van der Waals surface area contributed by atoms with E-state index >= 15 is 0 Å². The van der Waals surface area contributed by atoms with E-state index in [1.807, 2.05) is 0 Å². The Bertz CT molecular complexity index is 326. The van der Waals surface area contributed by atoms with Crippen molar-refractivity contribution in [1.29, 1.82) is 0 Å². The average molecular weight is 329 g/mol. The molecule has 10 heteroatoms. The quantitative estimate of drug-likeness (QED) is 0.498. The van der Waals surface area contributed by atoms with Crippen LogP contribution < -0.4 is 0 Å². The zero-order valence-corrected chi connectivity index (χ0v) is 13.3. The van der Waals surface area contributed by atoms with E-state index in [4.69, 9.17) is 32.2 Å². The molecule has 6 nitrogen and oxygen atoms in total. The van der Waals surface area contributed by atoms with E-state index in [0.29, 0.717) is 6.42 Å². The number of hydrogen-bond donors (Lipinski definition) is 0. The summed E-state index contributed by atoms with van der Waals surface area (Å²) >= 11 is 11.7. The van der Waals surface area contributed by atoms with Gasteiger partial charge in [0.2, 0.25) is 0 Å². The Labute approximate surface area is 111 Å². The van der Waals surface area contributed by atoms with Gasteiger partial charge >= 0.3 is 19.0 Å². The van der Waals surface area contributed by atoms with E-state index in [0.717, 1.165) is 21.3 Å². The molecule has 0 amide bonds. The van der Waals surface area contributed by atoms with Crippen LogP contribution in [0, 0.1) is 0 Å². The van der Waals surface area contributed by atoms with Gasteiger partial charge in [0.15, 0.2) is 0 Å². The molecule has 0 aromatic carbocycles. The molecule has 0 saturated heterocycles. The lowest BCUT2D eigenvalue weighted by Crippen LogP contribution is -2.19. The second kappa shape index (κ2) is 6.88. The minimum atomic E-state index is -4.06. The van der Waals surface area contributed by atoms with Crippen LogP contribution in [0.3, 0.4) is 0 Å². The van der Waals surface area contributed by atoms with E-state index in [1.165, 1.54) is 0 Å². The van der Waals surface area contributed by atoms with Gasteiger partial charge in [-0.15, -0.1) is 0 Å². The summed E-state index contributed by atoms with van der Waals surface area (Å²) in [5.74, 6) is 0. The van der Waals surface area contributed by atoms with Gasteiger partial charge in [-0.25, -0.2) is 0 Å². The van der Waals surface area contributed by atoms with Crippen molar-refractivity contribution >= 4 is 38.4 Å². The van der Waals surface area contributed by atoms with Crippen LogP contribution in [-0.4, -0.2) is 31.8 Å². The predicted octanol–water partition coefficient (Wildman–Crippen LogP) is 3.83. The Kier molecular flexibility index (Phi) is 7.23. The maximum Gasteiger partial charge on any atom is 0.378 e. The fourth-order valence-electron chi connectivity index (χ4n) is 0.896. The van der Waals surface area contributed by atoms with Gasteiger partial charge in [0.05, 0.1) is 6.61 Å². The first-order valence-corrected chi connectivity index (χ1v) is 8.48. The predicted molar refractivity (Wildman–Crippen MR) is 66.9 cm³/mol. The highest BCUT2D eigenvalue weighted by molar-refractivity contribution is 7.80. The van der Waals surface area contributed by atoms with Gasteiger partial charge in [-0.3, -0.25) is 9.13 Å². The first-order valence-electron chi connectivity index (χ1n) is 4.64. The first kappa shape index (κ1) is 17.9. The molecular formula is C7H16Cl2O6P2. The molecule has 104 valence electrons. The Morgan fingerprint density at radius 2 is 1.41 bits per heavy atom. The number of alkyl halides is 2. The largest absolute Gasteiger partial charge is 0.378 e. The minimum Gasteiger partial charge on any atom is -0.309 e. The number of halogens is 2. The molecule has 1 unspecified atom stereocenters. The second-order valence-corrected chi connectivity index (χ2v) is 10.3. The minimum absolute atomic E-state index is 0.0831. The summed E-state index contributed by atoms with van der Waals surface area (Å²) in [7, 11) is -4.87. The standard InChI is InChI=1S/C7H16Cl2O6P2/c1-5-6-15-17(11,14-4)7(8,9)16(10,12-2)13-3/h5-6H2,1-4H3. The van der Waals surface area contributed by atoms with Crippen LogP contribution in [0.4, 0.5) is 0 Å². The van der Waals surface area contributed by atoms with Crippen LogP contribution in [0.1, 0.15) is 13.3 Å². The van der Waals surface area contributed by atoms with Crippen molar-refractivity contribution in [2.45, 2.75) is 17.2 Å². The fraction of sp³-hybridized carbons (Fsp3) is 1.00. The first-order chi connectivity index (χ1) is 7.74. The van der Waals surface area contributed by atoms with Gasteiger partial charge in [-0.05, 0) is 6.42 Å². The number of hydrogen-bond acceptors (Lipinski definition) is 6. The van der Waals surface area contributed by atoms with Crippen molar-refractivity contribution in [3.8, 4) is 0 Å². The molecule has 1 atom stereocenters. The van der Waals surface area contributed by atoms with Gasteiger partial charge in [0.1, 0.15) is 0 Å². The molecule has 0 rings (SSSR count). The molecule has 0 aromatic heterocycles. The summed E-state index contributed by atoms with van der Waals surface area (Å²) in [6.07, 6.45) is 0.557. The van der Waals surface area contributed by atoms with Crippen LogP contribution in [0.15, 0.2) is 0 Å². The molecule has 0 spiro atoms. The number of rotatable bonds is 8. The summed E-state index contributed by atoms with van der Waals surface area (Å²) in [5.41, 5.74) is 0. The second-order valence-electron chi connectivity index (χ2n) is 2.89. The van der Waals surface area contributed by atoms with E-state index in [1.54, 1.807) is 6.92 Å². The molecule has 0 radical (unpaired) electrons. The Hall–Kier alpha value is 0.880. The van der Waals surface area contributed by atoms with Gasteiger partial charge in [-0.2, -0.15) is 0 Å². The third-order valence-corrected chi connectivity index (χ3v) is 9.08. The maximum absolute atomic E-state index is 12.3. The molecule has 0 fully saturated rings. The maximum atomic E-state index is 12.3. The van der Waals surface area contributed by atoms with Gasteiger partial charge < -0.3 is 18.1 Å². The Morgan fingerprint density at radius 3 is 1.71 bits per heavy atom. The fourth-order valence-corrected chi connectivity index (χ4v) is 6.03.